The Morgan fingerprint density at radius 3 is 2.33 bits per heavy atom. The van der Waals surface area contributed by atoms with E-state index in [0.29, 0.717) is 22.6 Å². The van der Waals surface area contributed by atoms with Gasteiger partial charge in [0.1, 0.15) is 16.9 Å². The number of hydrogen-bond acceptors (Lipinski definition) is 5. The largest absolute Gasteiger partial charge is 0.340 e. The third-order valence-electron chi connectivity index (χ3n) is 5.66. The van der Waals surface area contributed by atoms with Crippen molar-refractivity contribution < 1.29 is 14.0 Å². The highest BCUT2D eigenvalue weighted by molar-refractivity contribution is 7.18. The molecule has 1 aromatic heterocycles. The minimum atomic E-state index is -0.843. The number of rotatable bonds is 7. The molecule has 5 rings (SSSR count). The predicted molar refractivity (Wildman–Crippen MR) is 139 cm³/mol. The lowest BCUT2D eigenvalue weighted by molar-refractivity contribution is -0.118. The number of carbonyl (C=O) groups excluding carboxylic acids is 2. The highest BCUT2D eigenvalue weighted by Gasteiger charge is 2.23. The second-order valence-corrected chi connectivity index (χ2v) is 9.16. The van der Waals surface area contributed by atoms with Crippen molar-refractivity contribution in [2.24, 2.45) is 0 Å². The quantitative estimate of drug-likeness (QED) is 0.313. The molecule has 0 aliphatic rings. The first-order chi connectivity index (χ1) is 17.5. The van der Waals surface area contributed by atoms with E-state index in [4.69, 9.17) is 0 Å². The number of halogens is 1. The molecule has 8 heteroatoms. The van der Waals surface area contributed by atoms with Gasteiger partial charge in [0, 0.05) is 17.5 Å². The zero-order valence-corrected chi connectivity index (χ0v) is 19.8. The predicted octanol–water partition coefficient (Wildman–Crippen LogP) is 5.48. The van der Waals surface area contributed by atoms with E-state index in [-0.39, 0.29) is 16.9 Å². The number of anilines is 1. The summed E-state index contributed by atoms with van der Waals surface area (Å²) < 4.78 is 13.2. The van der Waals surface area contributed by atoms with Gasteiger partial charge in [-0.2, -0.15) is 0 Å². The summed E-state index contributed by atoms with van der Waals surface area (Å²) in [5.41, 5.74) is 2.06. The number of fused-ring (bicyclic) bond motifs is 1. The number of nitrogens with zero attached hydrogens (tertiary/aromatic N) is 2. The number of benzene rings is 4. The second-order valence-electron chi connectivity index (χ2n) is 8.19. The van der Waals surface area contributed by atoms with Crippen LogP contribution < -0.4 is 10.6 Å². The fourth-order valence-corrected chi connectivity index (χ4v) is 4.56. The fraction of sp³-hybridized carbons (Fsp3) is 0.0714. The van der Waals surface area contributed by atoms with E-state index in [0.717, 1.165) is 16.3 Å². The lowest BCUT2D eigenvalue weighted by Crippen LogP contribution is -2.45. The van der Waals surface area contributed by atoms with Crippen LogP contribution in [-0.2, 0) is 11.2 Å². The highest BCUT2D eigenvalue weighted by Crippen LogP contribution is 2.26. The second kappa shape index (κ2) is 10.5. The van der Waals surface area contributed by atoms with Gasteiger partial charge in [0.15, 0.2) is 0 Å². The van der Waals surface area contributed by atoms with Crippen molar-refractivity contribution in [1.29, 1.82) is 0 Å². The molecule has 1 unspecified atom stereocenters. The van der Waals surface area contributed by atoms with Gasteiger partial charge in [-0.3, -0.25) is 14.9 Å². The first-order valence-corrected chi connectivity index (χ1v) is 12.1. The lowest BCUT2D eigenvalue weighted by Gasteiger charge is -2.18. The third kappa shape index (κ3) is 5.45. The lowest BCUT2D eigenvalue weighted by atomic mass is 10.0. The van der Waals surface area contributed by atoms with Crippen molar-refractivity contribution in [2.75, 3.05) is 5.32 Å². The minimum absolute atomic E-state index is 0.289. The smallest absolute Gasteiger partial charge is 0.251 e. The Labute approximate surface area is 210 Å². The summed E-state index contributed by atoms with van der Waals surface area (Å²) in [7, 11) is 0. The summed E-state index contributed by atoms with van der Waals surface area (Å²) in [6.07, 6.45) is 0.301. The average molecular weight is 497 g/mol. The Kier molecular flexibility index (Phi) is 6.77. The van der Waals surface area contributed by atoms with Gasteiger partial charge in [0.05, 0.1) is 0 Å². The van der Waals surface area contributed by atoms with Crippen LogP contribution in [0.25, 0.3) is 21.3 Å². The highest BCUT2D eigenvalue weighted by atomic mass is 32.1. The van der Waals surface area contributed by atoms with Crippen LogP contribution in [0.2, 0.25) is 0 Å². The van der Waals surface area contributed by atoms with Gasteiger partial charge in [-0.25, -0.2) is 4.39 Å². The third-order valence-corrected chi connectivity index (χ3v) is 6.55. The maximum absolute atomic E-state index is 13.3. The van der Waals surface area contributed by atoms with Gasteiger partial charge in [-0.05, 0) is 52.7 Å². The summed E-state index contributed by atoms with van der Waals surface area (Å²) >= 11 is 1.17. The van der Waals surface area contributed by atoms with E-state index in [2.05, 4.69) is 20.8 Å². The van der Waals surface area contributed by atoms with Gasteiger partial charge in [-0.15, -0.1) is 10.2 Å². The summed E-state index contributed by atoms with van der Waals surface area (Å²) in [5, 5.41) is 16.6. The van der Waals surface area contributed by atoms with Crippen LogP contribution >= 0.6 is 11.3 Å². The van der Waals surface area contributed by atoms with Crippen molar-refractivity contribution in [3.05, 3.63) is 114 Å². The maximum Gasteiger partial charge on any atom is 0.251 e. The van der Waals surface area contributed by atoms with Gasteiger partial charge >= 0.3 is 0 Å². The first kappa shape index (κ1) is 23.3. The summed E-state index contributed by atoms with van der Waals surface area (Å²) in [6, 6.07) is 27.7. The number of amides is 2. The molecule has 0 saturated carbocycles. The van der Waals surface area contributed by atoms with E-state index in [1.165, 1.54) is 23.5 Å². The summed E-state index contributed by atoms with van der Waals surface area (Å²) in [6.45, 7) is 0. The molecular weight excluding hydrogens is 475 g/mol. The Morgan fingerprint density at radius 2 is 1.56 bits per heavy atom. The molecule has 4 aromatic carbocycles. The summed E-state index contributed by atoms with van der Waals surface area (Å²) in [5.74, 6) is -1.10. The number of hydrogen-bond donors (Lipinski definition) is 2. The molecule has 6 nitrogen and oxygen atoms in total. The van der Waals surface area contributed by atoms with E-state index in [9.17, 15) is 14.0 Å². The molecule has 178 valence electrons. The molecule has 1 heterocycles. The molecule has 36 heavy (non-hydrogen) atoms. The van der Waals surface area contributed by atoms with E-state index >= 15 is 0 Å². The maximum atomic E-state index is 13.3. The topological polar surface area (TPSA) is 84.0 Å². The number of aromatic nitrogens is 2. The molecule has 1 atom stereocenters. The van der Waals surface area contributed by atoms with E-state index in [1.54, 1.807) is 18.2 Å². The molecule has 0 spiro atoms. The van der Waals surface area contributed by atoms with Gasteiger partial charge in [0.25, 0.3) is 5.91 Å². The molecular formula is C28H21FN4O2S. The monoisotopic (exact) mass is 496 g/mol. The summed E-state index contributed by atoms with van der Waals surface area (Å²) in [4.78, 5) is 26.4. The molecule has 0 fully saturated rings. The van der Waals surface area contributed by atoms with Gasteiger partial charge in [-0.1, -0.05) is 72.0 Å². The Hall–Kier alpha value is -4.43. The Morgan fingerprint density at radius 1 is 0.833 bits per heavy atom. The normalized spacial score (nSPS) is 11.7. The van der Waals surface area contributed by atoms with Crippen LogP contribution in [0.3, 0.4) is 0 Å². The van der Waals surface area contributed by atoms with Crippen molar-refractivity contribution >= 4 is 39.1 Å². The average Bonchev–Trinajstić information content (AvgIpc) is 3.37. The molecule has 0 bridgehead atoms. The molecule has 0 radical (unpaired) electrons. The van der Waals surface area contributed by atoms with Crippen LogP contribution in [0.5, 0.6) is 0 Å². The fourth-order valence-electron chi connectivity index (χ4n) is 3.81. The number of carbonyl (C=O) groups is 2. The zero-order chi connectivity index (χ0) is 24.9. The van der Waals surface area contributed by atoms with E-state index in [1.807, 2.05) is 66.7 Å². The Bertz CT molecular complexity index is 1520. The zero-order valence-electron chi connectivity index (χ0n) is 19.0. The van der Waals surface area contributed by atoms with Crippen LogP contribution in [-0.4, -0.2) is 28.1 Å². The van der Waals surface area contributed by atoms with Crippen LogP contribution in [0.4, 0.5) is 9.52 Å². The van der Waals surface area contributed by atoms with Crippen LogP contribution in [0, 0.1) is 5.82 Å². The van der Waals surface area contributed by atoms with Crippen molar-refractivity contribution in [3.63, 3.8) is 0 Å². The van der Waals surface area contributed by atoms with Crippen molar-refractivity contribution in [2.45, 2.75) is 12.5 Å². The molecule has 2 amide bonds. The van der Waals surface area contributed by atoms with Crippen LogP contribution in [0.15, 0.2) is 97.1 Å². The van der Waals surface area contributed by atoms with Crippen molar-refractivity contribution in [3.8, 4) is 10.6 Å². The SMILES string of the molecule is O=C(NC(Cc1ccccc1)C(=O)Nc1nnc(-c2ccc(F)cc2)s1)c1ccc2ccccc2c1. The van der Waals surface area contributed by atoms with Gasteiger partial charge in [0.2, 0.25) is 11.0 Å². The minimum Gasteiger partial charge on any atom is -0.340 e. The van der Waals surface area contributed by atoms with Gasteiger partial charge < -0.3 is 5.32 Å². The molecule has 0 aliphatic heterocycles. The standard InChI is InChI=1S/C28H21FN4O2S/c29-23-14-12-20(13-15-23)27-32-33-28(36-27)31-26(35)24(16-18-6-2-1-3-7-18)30-25(34)22-11-10-19-8-4-5-9-21(19)17-22/h1-15,17,24H,16H2,(H,30,34)(H,31,33,35). The molecule has 0 aliphatic carbocycles. The number of nitrogens with one attached hydrogen (secondary N) is 2. The van der Waals surface area contributed by atoms with Crippen LogP contribution in [0.1, 0.15) is 15.9 Å². The molecule has 2 N–H and O–H groups in total. The molecule has 0 saturated heterocycles. The molecule has 5 aromatic rings. The van der Waals surface area contributed by atoms with Crippen molar-refractivity contribution in [1.82, 2.24) is 15.5 Å². The first-order valence-electron chi connectivity index (χ1n) is 11.3. The Balaban J connectivity index is 1.35. The van der Waals surface area contributed by atoms with E-state index < -0.39 is 11.9 Å².